The third-order valence-electron chi connectivity index (χ3n) is 2.56. The topological polar surface area (TPSA) is 74.3 Å². The van der Waals surface area contributed by atoms with Crippen molar-refractivity contribution in [2.24, 2.45) is 0 Å². The standard InChI is InChI=1S/C9H16N4O2S2/c1-8(9-11-4-7-16-9)12-17(14,15)13-5-2-10-3-6-13/h4,7-8,10,12H,2-3,5-6H2,1H3. The van der Waals surface area contributed by atoms with Crippen molar-refractivity contribution in [2.45, 2.75) is 13.0 Å². The summed E-state index contributed by atoms with van der Waals surface area (Å²) in [4.78, 5) is 4.11. The van der Waals surface area contributed by atoms with Gasteiger partial charge in [-0.15, -0.1) is 11.3 Å². The van der Waals surface area contributed by atoms with Gasteiger partial charge in [-0.1, -0.05) is 0 Å². The molecule has 1 saturated heterocycles. The maximum absolute atomic E-state index is 12.1. The molecular formula is C9H16N4O2S2. The van der Waals surface area contributed by atoms with Gasteiger partial charge >= 0.3 is 0 Å². The molecule has 0 radical (unpaired) electrons. The molecule has 96 valence electrons. The normalized spacial score (nSPS) is 20.3. The van der Waals surface area contributed by atoms with E-state index in [-0.39, 0.29) is 6.04 Å². The van der Waals surface area contributed by atoms with E-state index in [2.05, 4.69) is 15.0 Å². The van der Waals surface area contributed by atoms with E-state index < -0.39 is 10.2 Å². The van der Waals surface area contributed by atoms with Crippen LogP contribution in [0.5, 0.6) is 0 Å². The van der Waals surface area contributed by atoms with E-state index in [0.717, 1.165) is 5.01 Å². The Morgan fingerprint density at radius 2 is 2.24 bits per heavy atom. The average Bonchev–Trinajstić information content (AvgIpc) is 2.83. The highest BCUT2D eigenvalue weighted by Crippen LogP contribution is 2.16. The fourth-order valence-corrected chi connectivity index (χ4v) is 3.77. The number of hydrogen-bond donors (Lipinski definition) is 2. The van der Waals surface area contributed by atoms with Crippen LogP contribution in [-0.2, 0) is 10.2 Å². The Morgan fingerprint density at radius 1 is 1.53 bits per heavy atom. The van der Waals surface area contributed by atoms with Crippen LogP contribution in [0.2, 0.25) is 0 Å². The minimum absolute atomic E-state index is 0.283. The predicted molar refractivity (Wildman–Crippen MR) is 67.0 cm³/mol. The van der Waals surface area contributed by atoms with Crippen LogP contribution in [0.25, 0.3) is 0 Å². The minimum atomic E-state index is -3.40. The van der Waals surface area contributed by atoms with Gasteiger partial charge in [0.15, 0.2) is 0 Å². The molecule has 1 aromatic rings. The summed E-state index contributed by atoms with van der Waals surface area (Å²) in [6.45, 7) is 4.23. The van der Waals surface area contributed by atoms with Crippen LogP contribution in [0.1, 0.15) is 18.0 Å². The van der Waals surface area contributed by atoms with Crippen molar-refractivity contribution in [1.82, 2.24) is 19.3 Å². The van der Waals surface area contributed by atoms with Gasteiger partial charge in [0, 0.05) is 37.8 Å². The van der Waals surface area contributed by atoms with E-state index in [9.17, 15) is 8.42 Å². The van der Waals surface area contributed by atoms with Crippen LogP contribution in [0.15, 0.2) is 11.6 Å². The molecule has 0 bridgehead atoms. The molecule has 1 atom stereocenters. The third-order valence-corrected chi connectivity index (χ3v) is 5.22. The number of piperazine rings is 1. The van der Waals surface area contributed by atoms with Crippen LogP contribution >= 0.6 is 11.3 Å². The highest BCUT2D eigenvalue weighted by atomic mass is 32.2. The summed E-state index contributed by atoms with van der Waals surface area (Å²) in [5, 5.41) is 5.74. The summed E-state index contributed by atoms with van der Waals surface area (Å²) in [5.74, 6) is 0. The Bertz CT molecular complexity index is 440. The second kappa shape index (κ2) is 5.40. The quantitative estimate of drug-likeness (QED) is 0.808. The molecule has 6 nitrogen and oxygen atoms in total. The van der Waals surface area contributed by atoms with Gasteiger partial charge < -0.3 is 5.32 Å². The zero-order valence-corrected chi connectivity index (χ0v) is 11.2. The number of nitrogens with zero attached hydrogens (tertiary/aromatic N) is 2. The van der Waals surface area contributed by atoms with Crippen LogP contribution in [0.3, 0.4) is 0 Å². The van der Waals surface area contributed by atoms with Crippen molar-refractivity contribution in [3.8, 4) is 0 Å². The first-order chi connectivity index (χ1) is 8.09. The third kappa shape index (κ3) is 3.23. The molecule has 17 heavy (non-hydrogen) atoms. The van der Waals surface area contributed by atoms with Gasteiger partial charge in [0.05, 0.1) is 6.04 Å². The lowest BCUT2D eigenvalue weighted by atomic mass is 10.4. The maximum Gasteiger partial charge on any atom is 0.280 e. The Labute approximate surface area is 105 Å². The number of hydrogen-bond acceptors (Lipinski definition) is 5. The number of nitrogens with one attached hydrogen (secondary N) is 2. The SMILES string of the molecule is CC(NS(=O)(=O)N1CCNCC1)c1nccs1. The number of rotatable bonds is 4. The van der Waals surface area contributed by atoms with E-state index in [1.54, 1.807) is 13.1 Å². The Kier molecular flexibility index (Phi) is 4.10. The van der Waals surface area contributed by atoms with Crippen molar-refractivity contribution < 1.29 is 8.42 Å². The van der Waals surface area contributed by atoms with Gasteiger partial charge in [-0.3, -0.25) is 0 Å². The molecule has 8 heteroatoms. The van der Waals surface area contributed by atoms with Crippen molar-refractivity contribution >= 4 is 21.5 Å². The molecule has 2 N–H and O–H groups in total. The molecular weight excluding hydrogens is 260 g/mol. The van der Waals surface area contributed by atoms with Crippen molar-refractivity contribution in [3.63, 3.8) is 0 Å². The maximum atomic E-state index is 12.1. The summed E-state index contributed by atoms with van der Waals surface area (Å²) in [5.41, 5.74) is 0. The van der Waals surface area contributed by atoms with E-state index in [1.165, 1.54) is 15.6 Å². The lowest BCUT2D eigenvalue weighted by Crippen LogP contribution is -2.50. The highest BCUT2D eigenvalue weighted by molar-refractivity contribution is 7.87. The van der Waals surface area contributed by atoms with Gasteiger partial charge in [-0.2, -0.15) is 17.4 Å². The first kappa shape index (κ1) is 12.9. The summed E-state index contributed by atoms with van der Waals surface area (Å²) in [6.07, 6.45) is 1.68. The average molecular weight is 276 g/mol. The molecule has 0 amide bonds. The molecule has 1 aliphatic rings. The lowest BCUT2D eigenvalue weighted by molar-refractivity contribution is 0.352. The van der Waals surface area contributed by atoms with E-state index in [0.29, 0.717) is 26.2 Å². The first-order valence-corrected chi connectivity index (χ1v) is 7.79. The van der Waals surface area contributed by atoms with Gasteiger partial charge in [-0.05, 0) is 6.92 Å². The second-order valence-corrected chi connectivity index (χ2v) is 6.49. The molecule has 2 rings (SSSR count). The molecule has 0 aliphatic carbocycles. The summed E-state index contributed by atoms with van der Waals surface area (Å²) in [7, 11) is -3.40. The summed E-state index contributed by atoms with van der Waals surface area (Å²) >= 11 is 1.45. The zero-order chi connectivity index (χ0) is 12.3. The molecule has 2 heterocycles. The molecule has 1 aliphatic heterocycles. The van der Waals surface area contributed by atoms with Gasteiger partial charge in [0.1, 0.15) is 5.01 Å². The molecule has 1 unspecified atom stereocenters. The first-order valence-electron chi connectivity index (χ1n) is 5.47. The van der Waals surface area contributed by atoms with Crippen LogP contribution in [0.4, 0.5) is 0 Å². The minimum Gasteiger partial charge on any atom is -0.314 e. The van der Waals surface area contributed by atoms with Gasteiger partial charge in [0.2, 0.25) is 0 Å². The van der Waals surface area contributed by atoms with E-state index >= 15 is 0 Å². The lowest BCUT2D eigenvalue weighted by Gasteiger charge is -2.27. The summed E-state index contributed by atoms with van der Waals surface area (Å²) in [6, 6.07) is -0.283. The van der Waals surface area contributed by atoms with E-state index in [1.807, 2.05) is 5.38 Å². The van der Waals surface area contributed by atoms with Crippen LogP contribution < -0.4 is 10.0 Å². The Balaban J connectivity index is 2.01. The molecule has 1 fully saturated rings. The van der Waals surface area contributed by atoms with Crippen LogP contribution in [-0.4, -0.2) is 43.9 Å². The number of thiazole rings is 1. The fraction of sp³-hybridized carbons (Fsp3) is 0.667. The number of aromatic nitrogens is 1. The largest absolute Gasteiger partial charge is 0.314 e. The second-order valence-electron chi connectivity index (χ2n) is 3.86. The van der Waals surface area contributed by atoms with Gasteiger partial charge in [-0.25, -0.2) is 4.98 Å². The fourth-order valence-electron chi connectivity index (χ4n) is 1.68. The smallest absolute Gasteiger partial charge is 0.280 e. The molecule has 0 aromatic carbocycles. The predicted octanol–water partition coefficient (Wildman–Crippen LogP) is -0.0563. The van der Waals surface area contributed by atoms with E-state index in [4.69, 9.17) is 0 Å². The Hall–Kier alpha value is -0.540. The van der Waals surface area contributed by atoms with Crippen molar-refractivity contribution in [2.75, 3.05) is 26.2 Å². The highest BCUT2D eigenvalue weighted by Gasteiger charge is 2.26. The zero-order valence-electron chi connectivity index (χ0n) is 9.59. The Morgan fingerprint density at radius 3 is 2.82 bits per heavy atom. The van der Waals surface area contributed by atoms with Crippen molar-refractivity contribution in [1.29, 1.82) is 0 Å². The van der Waals surface area contributed by atoms with Crippen molar-refractivity contribution in [3.05, 3.63) is 16.6 Å². The molecule has 1 aromatic heterocycles. The summed E-state index contributed by atoms with van der Waals surface area (Å²) < 4.78 is 28.2. The molecule has 0 saturated carbocycles. The van der Waals surface area contributed by atoms with Gasteiger partial charge in [0.25, 0.3) is 10.2 Å². The van der Waals surface area contributed by atoms with Crippen LogP contribution in [0, 0.1) is 0 Å². The molecule has 0 spiro atoms. The monoisotopic (exact) mass is 276 g/mol.